The first-order chi connectivity index (χ1) is 7.90. The maximum Gasteiger partial charge on any atom is 0.247 e. The van der Waals surface area contributed by atoms with Crippen molar-refractivity contribution < 1.29 is 4.79 Å². The smallest absolute Gasteiger partial charge is 0.247 e. The summed E-state index contributed by atoms with van der Waals surface area (Å²) in [5.74, 6) is -0.1000. The number of nitrogens with one attached hydrogen (secondary N) is 1. The molecule has 0 aromatic carbocycles. The molecule has 1 heterocycles. The predicted octanol–water partition coefficient (Wildman–Crippen LogP) is -0.0326. The Balaban J connectivity index is 2.56. The van der Waals surface area contributed by atoms with Crippen molar-refractivity contribution in [3.05, 3.63) is 0 Å². The molecule has 17 heavy (non-hydrogen) atoms. The van der Waals surface area contributed by atoms with Gasteiger partial charge >= 0.3 is 0 Å². The number of nitrogens with two attached hydrogens (primary N) is 1. The van der Waals surface area contributed by atoms with Gasteiger partial charge in [-0.1, -0.05) is 19.1 Å². The minimum absolute atomic E-state index is 0.1000. The van der Waals surface area contributed by atoms with E-state index in [1.165, 1.54) is 0 Å². The summed E-state index contributed by atoms with van der Waals surface area (Å²) < 4.78 is 0. The van der Waals surface area contributed by atoms with Crippen molar-refractivity contribution in [1.82, 2.24) is 15.3 Å². The van der Waals surface area contributed by atoms with Crippen LogP contribution in [0.15, 0.2) is 0 Å². The van der Waals surface area contributed by atoms with Crippen molar-refractivity contribution in [3.8, 4) is 0 Å². The van der Waals surface area contributed by atoms with E-state index < -0.39 is 5.41 Å². The van der Waals surface area contributed by atoms with Gasteiger partial charge in [0.2, 0.25) is 5.91 Å². The minimum atomic E-state index is -0.751. The van der Waals surface area contributed by atoms with E-state index in [1.807, 2.05) is 11.9 Å². The van der Waals surface area contributed by atoms with E-state index in [0.29, 0.717) is 6.42 Å². The topological polar surface area (TPSA) is 61.6 Å². The number of hydrogen-bond donors (Lipinski definition) is 2. The molecule has 1 unspecified atom stereocenters. The highest BCUT2D eigenvalue weighted by molar-refractivity contribution is 7.80. The number of rotatable bonds is 4. The van der Waals surface area contributed by atoms with Gasteiger partial charge in [0.1, 0.15) is 0 Å². The lowest BCUT2D eigenvalue weighted by molar-refractivity contribution is -0.132. The number of thiocarbonyl (C=S) groups is 1. The van der Waals surface area contributed by atoms with Crippen molar-refractivity contribution in [3.63, 3.8) is 0 Å². The van der Waals surface area contributed by atoms with Gasteiger partial charge in [0.25, 0.3) is 0 Å². The quantitative estimate of drug-likeness (QED) is 0.693. The third-order valence-corrected chi connectivity index (χ3v) is 3.97. The molecule has 6 heteroatoms. The van der Waals surface area contributed by atoms with E-state index in [9.17, 15) is 4.79 Å². The van der Waals surface area contributed by atoms with Gasteiger partial charge in [-0.05, 0) is 20.4 Å². The van der Waals surface area contributed by atoms with Crippen LogP contribution in [0, 0.1) is 5.41 Å². The van der Waals surface area contributed by atoms with Crippen LogP contribution in [-0.2, 0) is 4.79 Å². The zero-order valence-corrected chi connectivity index (χ0v) is 11.6. The third-order valence-electron chi connectivity index (χ3n) is 3.52. The van der Waals surface area contributed by atoms with E-state index in [0.717, 1.165) is 26.2 Å². The number of amides is 1. The molecule has 0 aromatic rings. The molecule has 1 rings (SSSR count). The first-order valence-corrected chi connectivity index (χ1v) is 6.35. The summed E-state index contributed by atoms with van der Waals surface area (Å²) in [6, 6.07) is 0. The Bertz CT molecular complexity index is 302. The second-order valence-corrected chi connectivity index (χ2v) is 5.22. The summed E-state index contributed by atoms with van der Waals surface area (Å²) in [4.78, 5) is 14.6. The Morgan fingerprint density at radius 2 is 1.94 bits per heavy atom. The van der Waals surface area contributed by atoms with E-state index >= 15 is 0 Å². The molecule has 5 nitrogen and oxygen atoms in total. The molecule has 1 amide bonds. The Labute approximate surface area is 108 Å². The second kappa shape index (κ2) is 5.75. The Morgan fingerprint density at radius 1 is 1.41 bits per heavy atom. The summed E-state index contributed by atoms with van der Waals surface area (Å²) in [7, 11) is 2.07. The van der Waals surface area contributed by atoms with Crippen molar-refractivity contribution in [1.29, 1.82) is 0 Å². The SMILES string of the molecule is CCC(C)(C(=O)NN1CCN(C)CC1)C(N)=S. The Hall–Kier alpha value is -0.720. The number of carbonyl (C=O) groups excluding carboxylic acids is 1. The van der Waals surface area contributed by atoms with Crippen LogP contribution < -0.4 is 11.2 Å². The van der Waals surface area contributed by atoms with Gasteiger partial charge in [-0.2, -0.15) is 0 Å². The maximum atomic E-state index is 12.2. The molecule has 0 spiro atoms. The van der Waals surface area contributed by atoms with E-state index in [2.05, 4.69) is 17.4 Å². The Morgan fingerprint density at radius 3 is 2.35 bits per heavy atom. The van der Waals surface area contributed by atoms with E-state index in [4.69, 9.17) is 18.0 Å². The van der Waals surface area contributed by atoms with Gasteiger partial charge in [0, 0.05) is 26.2 Å². The molecular formula is C11H22N4OS. The molecule has 0 radical (unpaired) electrons. The van der Waals surface area contributed by atoms with Crippen LogP contribution in [0.25, 0.3) is 0 Å². The number of piperazine rings is 1. The largest absolute Gasteiger partial charge is 0.392 e. The number of likely N-dealkylation sites (N-methyl/N-ethyl adjacent to an activating group) is 1. The molecule has 3 N–H and O–H groups in total. The molecule has 0 aromatic heterocycles. The van der Waals surface area contributed by atoms with Crippen LogP contribution in [0.5, 0.6) is 0 Å². The molecule has 1 atom stereocenters. The van der Waals surface area contributed by atoms with Gasteiger partial charge in [0.05, 0.1) is 10.4 Å². The zero-order chi connectivity index (χ0) is 13.1. The highest BCUT2D eigenvalue weighted by Gasteiger charge is 2.35. The first-order valence-electron chi connectivity index (χ1n) is 5.94. The van der Waals surface area contributed by atoms with Gasteiger partial charge in [0.15, 0.2) is 0 Å². The van der Waals surface area contributed by atoms with Crippen molar-refractivity contribution in [2.24, 2.45) is 11.1 Å². The van der Waals surface area contributed by atoms with Gasteiger partial charge in [-0.25, -0.2) is 5.01 Å². The van der Waals surface area contributed by atoms with E-state index in [-0.39, 0.29) is 10.9 Å². The lowest BCUT2D eigenvalue weighted by Gasteiger charge is -2.35. The molecule has 0 saturated carbocycles. The molecule has 0 aliphatic carbocycles. The van der Waals surface area contributed by atoms with Crippen molar-refractivity contribution in [2.45, 2.75) is 20.3 Å². The molecule has 0 bridgehead atoms. The van der Waals surface area contributed by atoms with Crippen LogP contribution in [0.4, 0.5) is 0 Å². The summed E-state index contributed by atoms with van der Waals surface area (Å²) in [6.07, 6.45) is 0.613. The van der Waals surface area contributed by atoms with Gasteiger partial charge in [-0.3, -0.25) is 10.2 Å². The number of hydrazine groups is 1. The fourth-order valence-electron chi connectivity index (χ4n) is 1.63. The normalized spacial score (nSPS) is 21.8. The average Bonchev–Trinajstić information content (AvgIpc) is 2.30. The fraction of sp³-hybridized carbons (Fsp3) is 0.818. The van der Waals surface area contributed by atoms with E-state index in [1.54, 1.807) is 6.92 Å². The molecular weight excluding hydrogens is 236 g/mol. The number of carbonyl (C=O) groups is 1. The molecule has 1 aliphatic rings. The summed E-state index contributed by atoms with van der Waals surface area (Å²) in [6.45, 7) is 7.29. The molecule has 1 aliphatic heterocycles. The highest BCUT2D eigenvalue weighted by Crippen LogP contribution is 2.21. The number of nitrogens with zero attached hydrogens (tertiary/aromatic N) is 2. The highest BCUT2D eigenvalue weighted by atomic mass is 32.1. The molecule has 98 valence electrons. The standard InChI is InChI=1S/C11H22N4OS/c1-4-11(2,9(12)17)10(16)13-15-7-5-14(3)6-8-15/h4-8H2,1-3H3,(H2,12,17)(H,13,16). The predicted molar refractivity (Wildman–Crippen MR) is 72.4 cm³/mol. The monoisotopic (exact) mass is 258 g/mol. The van der Waals surface area contributed by atoms with Crippen LogP contribution in [0.2, 0.25) is 0 Å². The van der Waals surface area contributed by atoms with Crippen LogP contribution in [-0.4, -0.2) is 54.0 Å². The van der Waals surface area contributed by atoms with Crippen molar-refractivity contribution >= 4 is 23.1 Å². The lowest BCUT2D eigenvalue weighted by atomic mass is 9.87. The molecule has 1 saturated heterocycles. The van der Waals surface area contributed by atoms with Crippen LogP contribution in [0.3, 0.4) is 0 Å². The second-order valence-electron chi connectivity index (χ2n) is 4.78. The summed E-state index contributed by atoms with van der Waals surface area (Å²) in [5.41, 5.74) is 7.81. The average molecular weight is 258 g/mol. The number of hydrogen-bond acceptors (Lipinski definition) is 4. The van der Waals surface area contributed by atoms with Crippen LogP contribution >= 0.6 is 12.2 Å². The third kappa shape index (κ3) is 3.37. The maximum absolute atomic E-state index is 12.2. The molecule has 1 fully saturated rings. The summed E-state index contributed by atoms with van der Waals surface area (Å²) >= 11 is 4.98. The van der Waals surface area contributed by atoms with Crippen LogP contribution in [0.1, 0.15) is 20.3 Å². The van der Waals surface area contributed by atoms with Crippen molar-refractivity contribution in [2.75, 3.05) is 33.2 Å². The lowest BCUT2D eigenvalue weighted by Crippen LogP contribution is -2.57. The minimum Gasteiger partial charge on any atom is -0.392 e. The zero-order valence-electron chi connectivity index (χ0n) is 10.8. The summed E-state index contributed by atoms with van der Waals surface area (Å²) in [5, 5.41) is 1.94. The fourth-order valence-corrected chi connectivity index (χ4v) is 1.87. The first kappa shape index (κ1) is 14.3. The Kier molecular flexibility index (Phi) is 4.85. The van der Waals surface area contributed by atoms with Gasteiger partial charge < -0.3 is 10.6 Å². The van der Waals surface area contributed by atoms with Gasteiger partial charge in [-0.15, -0.1) is 0 Å².